The van der Waals surface area contributed by atoms with E-state index >= 15 is 0 Å². The number of rotatable bonds is 12. The van der Waals surface area contributed by atoms with Crippen molar-refractivity contribution in [2.24, 2.45) is 0 Å². The quantitative estimate of drug-likeness (QED) is 0.297. The molecule has 1 rings (SSSR count). The summed E-state index contributed by atoms with van der Waals surface area (Å²) in [5.74, 6) is -2.43. The highest BCUT2D eigenvalue weighted by Crippen LogP contribution is 2.46. The van der Waals surface area contributed by atoms with E-state index in [2.05, 4.69) is 5.32 Å². The Kier molecular flexibility index (Phi) is 10.2. The average Bonchev–Trinajstić information content (AvgIpc) is 2.68. The van der Waals surface area contributed by atoms with Crippen molar-refractivity contribution in [2.45, 2.75) is 46.6 Å². The van der Waals surface area contributed by atoms with Crippen LogP contribution in [0.3, 0.4) is 0 Å². The Hall–Kier alpha value is -2.22. The summed E-state index contributed by atoms with van der Waals surface area (Å²) in [7, 11) is -3.48. The van der Waals surface area contributed by atoms with E-state index in [9.17, 15) is 18.9 Å². The van der Waals surface area contributed by atoms with Crippen LogP contribution >= 0.6 is 7.60 Å². The lowest BCUT2D eigenvalue weighted by molar-refractivity contribution is -0.168. The van der Waals surface area contributed by atoms with Crippen LogP contribution in [0, 0.1) is 0 Å². The van der Waals surface area contributed by atoms with E-state index in [-0.39, 0.29) is 32.8 Å². The first-order valence-electron chi connectivity index (χ1n) is 9.80. The van der Waals surface area contributed by atoms with E-state index in [1.807, 2.05) is 0 Å². The van der Waals surface area contributed by atoms with E-state index in [0.29, 0.717) is 10.9 Å². The van der Waals surface area contributed by atoms with Crippen molar-refractivity contribution in [1.82, 2.24) is 5.32 Å². The maximum Gasteiger partial charge on any atom is 0.361 e. The first-order valence-corrected chi connectivity index (χ1v) is 11.3. The lowest BCUT2D eigenvalue weighted by atomic mass is 9.90. The smallest absolute Gasteiger partial charge is 0.361 e. The van der Waals surface area contributed by atoms with Gasteiger partial charge in [0.1, 0.15) is 0 Å². The van der Waals surface area contributed by atoms with Gasteiger partial charge in [0.05, 0.1) is 31.7 Å². The molecule has 0 saturated carbocycles. The Balaban J connectivity index is 3.34. The Morgan fingerprint density at radius 3 is 1.70 bits per heavy atom. The van der Waals surface area contributed by atoms with Crippen molar-refractivity contribution >= 4 is 30.7 Å². The molecule has 10 heteroatoms. The van der Waals surface area contributed by atoms with Crippen LogP contribution in [0.5, 0.6) is 0 Å². The lowest BCUT2D eigenvalue weighted by Gasteiger charge is -2.29. The molecule has 30 heavy (non-hydrogen) atoms. The third-order valence-corrected chi connectivity index (χ3v) is 6.08. The molecule has 168 valence electrons. The van der Waals surface area contributed by atoms with Crippen LogP contribution in [0.15, 0.2) is 24.3 Å². The third kappa shape index (κ3) is 6.39. The molecule has 0 aromatic heterocycles. The van der Waals surface area contributed by atoms with Crippen molar-refractivity contribution in [3.8, 4) is 0 Å². The summed E-state index contributed by atoms with van der Waals surface area (Å²) in [6.07, 6.45) is -0.210. The summed E-state index contributed by atoms with van der Waals surface area (Å²) in [5, 5.41) is 2.74. The first kappa shape index (κ1) is 25.8. The van der Waals surface area contributed by atoms with Crippen LogP contribution in [0.2, 0.25) is 0 Å². The van der Waals surface area contributed by atoms with Crippen LogP contribution in [0.25, 0.3) is 0 Å². The Bertz CT molecular complexity index is 750. The van der Waals surface area contributed by atoms with Gasteiger partial charge in [0.2, 0.25) is 11.4 Å². The van der Waals surface area contributed by atoms with Crippen LogP contribution in [0.1, 0.15) is 40.2 Å². The van der Waals surface area contributed by atoms with Crippen LogP contribution in [0.4, 0.5) is 0 Å². The van der Waals surface area contributed by atoms with E-state index in [1.165, 1.54) is 19.1 Å². The largest absolute Gasteiger partial charge is 0.464 e. The molecular weight excluding hydrogens is 413 g/mol. The summed E-state index contributed by atoms with van der Waals surface area (Å²) < 4.78 is 33.6. The summed E-state index contributed by atoms with van der Waals surface area (Å²) in [4.78, 5) is 37.2. The number of esters is 2. The monoisotopic (exact) mass is 443 g/mol. The number of carbonyl (C=O) groups is 3. The molecule has 0 heterocycles. The number of nitrogens with one attached hydrogen (secondary N) is 1. The lowest BCUT2D eigenvalue weighted by Crippen LogP contribution is -2.62. The minimum atomic E-state index is -3.48. The molecule has 0 unspecified atom stereocenters. The number of hydrogen-bond acceptors (Lipinski definition) is 8. The zero-order valence-electron chi connectivity index (χ0n) is 18.1. The van der Waals surface area contributed by atoms with Crippen molar-refractivity contribution in [2.75, 3.05) is 26.4 Å². The maximum atomic E-state index is 12.9. The number of carbonyl (C=O) groups excluding carboxylic acids is 3. The Morgan fingerprint density at radius 1 is 0.867 bits per heavy atom. The molecule has 1 amide bonds. The van der Waals surface area contributed by atoms with Crippen LogP contribution < -0.4 is 10.6 Å². The number of amides is 1. The van der Waals surface area contributed by atoms with Gasteiger partial charge < -0.3 is 23.8 Å². The summed E-state index contributed by atoms with van der Waals surface area (Å²) in [5.41, 5.74) is -1.53. The predicted molar refractivity (Wildman–Crippen MR) is 110 cm³/mol. The molecule has 0 bridgehead atoms. The molecular formula is C20H30NO8P. The topological polar surface area (TPSA) is 117 Å². The van der Waals surface area contributed by atoms with Gasteiger partial charge in [-0.15, -0.1) is 0 Å². The fourth-order valence-corrected chi connectivity index (χ4v) is 4.38. The highest BCUT2D eigenvalue weighted by atomic mass is 31.2. The zero-order valence-corrected chi connectivity index (χ0v) is 19.0. The average molecular weight is 443 g/mol. The van der Waals surface area contributed by atoms with Gasteiger partial charge in [0, 0.05) is 13.3 Å². The van der Waals surface area contributed by atoms with Crippen molar-refractivity contribution < 1.29 is 37.5 Å². The molecule has 1 aromatic carbocycles. The van der Waals surface area contributed by atoms with Crippen molar-refractivity contribution in [3.63, 3.8) is 0 Å². The molecule has 0 aliphatic rings. The Labute approximate surface area is 176 Å². The molecule has 0 aliphatic heterocycles. The summed E-state index contributed by atoms with van der Waals surface area (Å²) in [6.45, 7) is 8.24. The van der Waals surface area contributed by atoms with E-state index < -0.39 is 31.0 Å². The Morgan fingerprint density at radius 2 is 1.33 bits per heavy atom. The number of hydrogen-bond donors (Lipinski definition) is 1. The first-order chi connectivity index (χ1) is 14.2. The minimum absolute atomic E-state index is 0.0183. The van der Waals surface area contributed by atoms with Crippen molar-refractivity contribution in [3.05, 3.63) is 29.8 Å². The van der Waals surface area contributed by atoms with Gasteiger partial charge in [-0.05, 0) is 45.4 Å². The summed E-state index contributed by atoms with van der Waals surface area (Å²) >= 11 is 0. The van der Waals surface area contributed by atoms with Gasteiger partial charge >= 0.3 is 19.5 Å². The van der Waals surface area contributed by atoms with Gasteiger partial charge in [-0.2, -0.15) is 0 Å². The molecule has 0 atom stereocenters. The normalized spacial score (nSPS) is 11.6. The van der Waals surface area contributed by atoms with Gasteiger partial charge in [0.25, 0.3) is 0 Å². The van der Waals surface area contributed by atoms with Crippen molar-refractivity contribution in [1.29, 1.82) is 0 Å². The predicted octanol–water partition coefficient (Wildman–Crippen LogP) is 2.12. The molecule has 1 aromatic rings. The van der Waals surface area contributed by atoms with Gasteiger partial charge in [0.15, 0.2) is 0 Å². The summed E-state index contributed by atoms with van der Waals surface area (Å²) in [6, 6.07) is 6.23. The van der Waals surface area contributed by atoms with Gasteiger partial charge in [-0.1, -0.05) is 12.1 Å². The third-order valence-electron chi connectivity index (χ3n) is 3.96. The van der Waals surface area contributed by atoms with E-state index in [4.69, 9.17) is 18.5 Å². The minimum Gasteiger partial charge on any atom is -0.464 e. The molecule has 0 saturated heterocycles. The van der Waals surface area contributed by atoms with Crippen LogP contribution in [-0.2, 0) is 43.9 Å². The second-order valence-corrected chi connectivity index (χ2v) is 8.23. The zero-order chi connectivity index (χ0) is 22.8. The number of benzene rings is 1. The molecule has 0 radical (unpaired) electrons. The van der Waals surface area contributed by atoms with E-state index in [0.717, 1.165) is 0 Å². The molecule has 0 spiro atoms. The van der Waals surface area contributed by atoms with Crippen LogP contribution in [-0.4, -0.2) is 49.8 Å². The highest BCUT2D eigenvalue weighted by Gasteiger charge is 2.50. The molecule has 0 fully saturated rings. The van der Waals surface area contributed by atoms with E-state index in [1.54, 1.807) is 39.8 Å². The molecule has 9 nitrogen and oxygen atoms in total. The second-order valence-electron chi connectivity index (χ2n) is 6.20. The second kappa shape index (κ2) is 11.8. The SMILES string of the molecule is CCOC(=O)C(Cc1ccc(P(=O)(OCC)OCC)cc1)(NC(C)=O)C(=O)OCC. The molecule has 1 N–H and O–H groups in total. The number of ether oxygens (including phenoxy) is 2. The maximum absolute atomic E-state index is 12.9. The standard InChI is InChI=1S/C20H30NO8P/c1-6-26-18(23)20(21-15(5)22,19(24)27-7-2)14-16-10-12-17(13-11-16)30(25,28-8-3)29-9-4/h10-13H,6-9,14H2,1-5H3,(H,21,22). The highest BCUT2D eigenvalue weighted by molar-refractivity contribution is 7.62. The fraction of sp³-hybridized carbons (Fsp3) is 0.550. The molecule has 0 aliphatic carbocycles. The van der Waals surface area contributed by atoms with Gasteiger partial charge in [-0.3, -0.25) is 9.36 Å². The fourth-order valence-electron chi connectivity index (χ4n) is 2.81. The van der Waals surface area contributed by atoms with Gasteiger partial charge in [-0.25, -0.2) is 9.59 Å².